The Labute approximate surface area is 100 Å². The van der Waals surface area contributed by atoms with Crippen molar-refractivity contribution in [3.63, 3.8) is 0 Å². The minimum Gasteiger partial charge on any atom is -0.481 e. The van der Waals surface area contributed by atoms with Crippen molar-refractivity contribution in [2.24, 2.45) is 0 Å². The molecule has 0 atom stereocenters. The topological polar surface area (TPSA) is 60.0 Å². The molecule has 0 aliphatic heterocycles. The molecule has 5 nitrogen and oxygen atoms in total. The van der Waals surface area contributed by atoms with Crippen molar-refractivity contribution < 1.29 is 9.47 Å². The lowest BCUT2D eigenvalue weighted by Crippen LogP contribution is -1.97. The van der Waals surface area contributed by atoms with Gasteiger partial charge in [0.15, 0.2) is 5.65 Å². The van der Waals surface area contributed by atoms with Crippen molar-refractivity contribution in [1.82, 2.24) is 15.0 Å². The second-order valence-corrected chi connectivity index (χ2v) is 3.71. The number of fused-ring (bicyclic) bond motifs is 1. The van der Waals surface area contributed by atoms with E-state index in [1.807, 2.05) is 19.1 Å². The minimum atomic E-state index is 0.588. The van der Waals surface area contributed by atoms with Gasteiger partial charge in [-0.25, -0.2) is 4.98 Å². The zero-order chi connectivity index (χ0) is 12.1. The molecule has 2 aromatic heterocycles. The number of nitrogens with zero attached hydrogens (tertiary/aromatic N) is 2. The van der Waals surface area contributed by atoms with Gasteiger partial charge in [0, 0.05) is 25.7 Å². The van der Waals surface area contributed by atoms with Crippen LogP contribution in [0.3, 0.4) is 0 Å². The first-order chi connectivity index (χ1) is 8.33. The van der Waals surface area contributed by atoms with Crippen LogP contribution in [0, 0.1) is 0 Å². The van der Waals surface area contributed by atoms with Crippen LogP contribution in [-0.4, -0.2) is 35.3 Å². The molecule has 17 heavy (non-hydrogen) atoms. The van der Waals surface area contributed by atoms with Crippen molar-refractivity contribution in [3.05, 3.63) is 18.0 Å². The summed E-state index contributed by atoms with van der Waals surface area (Å²) < 4.78 is 10.3. The number of aromatic nitrogens is 3. The molecule has 0 bridgehead atoms. The number of aryl methyl sites for hydroxylation is 1. The van der Waals surface area contributed by atoms with E-state index in [0.717, 1.165) is 37.4 Å². The number of ether oxygens (including phenoxy) is 2. The van der Waals surface area contributed by atoms with Gasteiger partial charge in [-0.1, -0.05) is 0 Å². The van der Waals surface area contributed by atoms with Crippen LogP contribution in [0.5, 0.6) is 5.88 Å². The Morgan fingerprint density at radius 2 is 2.18 bits per heavy atom. The number of imidazole rings is 1. The number of rotatable bonds is 6. The number of hydrogen-bond donors (Lipinski definition) is 1. The van der Waals surface area contributed by atoms with Gasteiger partial charge in [-0.3, -0.25) is 0 Å². The van der Waals surface area contributed by atoms with Crippen LogP contribution in [0.1, 0.15) is 19.2 Å². The fourth-order valence-corrected chi connectivity index (χ4v) is 1.64. The van der Waals surface area contributed by atoms with Gasteiger partial charge in [0.05, 0.1) is 12.6 Å². The molecule has 0 saturated carbocycles. The van der Waals surface area contributed by atoms with Gasteiger partial charge < -0.3 is 14.5 Å². The highest BCUT2D eigenvalue weighted by Crippen LogP contribution is 2.14. The van der Waals surface area contributed by atoms with Crippen molar-refractivity contribution in [1.29, 1.82) is 0 Å². The Hall–Kier alpha value is -1.62. The Morgan fingerprint density at radius 3 is 2.94 bits per heavy atom. The van der Waals surface area contributed by atoms with E-state index in [-0.39, 0.29) is 0 Å². The fraction of sp³-hybridized carbons (Fsp3) is 0.500. The van der Waals surface area contributed by atoms with Crippen molar-refractivity contribution in [2.45, 2.75) is 19.8 Å². The number of methoxy groups -OCH3 is 1. The molecule has 92 valence electrons. The molecular formula is C12H17N3O2. The zero-order valence-electron chi connectivity index (χ0n) is 10.2. The van der Waals surface area contributed by atoms with Gasteiger partial charge in [-0.05, 0) is 19.4 Å². The highest BCUT2D eigenvalue weighted by atomic mass is 16.5. The van der Waals surface area contributed by atoms with E-state index >= 15 is 0 Å². The molecule has 0 aliphatic carbocycles. The average Bonchev–Trinajstić information content (AvgIpc) is 2.76. The van der Waals surface area contributed by atoms with E-state index in [1.54, 1.807) is 7.11 Å². The smallest absolute Gasteiger partial charge is 0.215 e. The molecule has 2 heterocycles. The molecule has 0 aliphatic rings. The number of hydrogen-bond acceptors (Lipinski definition) is 4. The lowest BCUT2D eigenvalue weighted by atomic mass is 10.3. The lowest BCUT2D eigenvalue weighted by molar-refractivity contribution is 0.145. The van der Waals surface area contributed by atoms with Gasteiger partial charge in [-0.15, -0.1) is 0 Å². The van der Waals surface area contributed by atoms with Crippen LogP contribution in [0.2, 0.25) is 0 Å². The van der Waals surface area contributed by atoms with Crippen molar-refractivity contribution >= 4 is 11.2 Å². The quantitative estimate of drug-likeness (QED) is 0.777. The summed E-state index contributed by atoms with van der Waals surface area (Å²) in [6, 6.07) is 3.75. The molecule has 0 aromatic carbocycles. The average molecular weight is 235 g/mol. The molecule has 0 spiro atoms. The van der Waals surface area contributed by atoms with Crippen LogP contribution < -0.4 is 4.74 Å². The van der Waals surface area contributed by atoms with E-state index in [9.17, 15) is 0 Å². The minimum absolute atomic E-state index is 0.588. The van der Waals surface area contributed by atoms with Crippen LogP contribution >= 0.6 is 0 Å². The molecule has 1 N–H and O–H groups in total. The molecule has 0 radical (unpaired) electrons. The van der Waals surface area contributed by atoms with E-state index in [1.165, 1.54) is 0 Å². The van der Waals surface area contributed by atoms with Crippen LogP contribution in [0.4, 0.5) is 0 Å². The zero-order valence-corrected chi connectivity index (χ0v) is 10.2. The Kier molecular flexibility index (Phi) is 3.93. The highest BCUT2D eigenvalue weighted by Gasteiger charge is 2.05. The number of pyridine rings is 1. The summed E-state index contributed by atoms with van der Waals surface area (Å²) in [6.07, 6.45) is 1.84. The molecule has 0 fully saturated rings. The fourth-order valence-electron chi connectivity index (χ4n) is 1.64. The molecule has 2 aromatic rings. The van der Waals surface area contributed by atoms with E-state index in [0.29, 0.717) is 11.5 Å². The molecular weight excluding hydrogens is 218 g/mol. The van der Waals surface area contributed by atoms with E-state index in [4.69, 9.17) is 9.47 Å². The molecule has 0 amide bonds. The first kappa shape index (κ1) is 11.9. The second-order valence-electron chi connectivity index (χ2n) is 3.71. The van der Waals surface area contributed by atoms with Gasteiger partial charge >= 0.3 is 0 Å². The van der Waals surface area contributed by atoms with Gasteiger partial charge in [0.25, 0.3) is 0 Å². The summed E-state index contributed by atoms with van der Waals surface area (Å²) in [5.74, 6) is 1.53. The third kappa shape index (κ3) is 2.94. The Balaban J connectivity index is 2.04. The summed E-state index contributed by atoms with van der Waals surface area (Å²) in [5.41, 5.74) is 1.65. The summed E-state index contributed by atoms with van der Waals surface area (Å²) in [6.45, 7) is 3.53. The van der Waals surface area contributed by atoms with Gasteiger partial charge in [0.1, 0.15) is 5.82 Å². The third-order valence-corrected chi connectivity index (χ3v) is 2.48. The largest absolute Gasteiger partial charge is 0.481 e. The van der Waals surface area contributed by atoms with Crippen LogP contribution in [0.25, 0.3) is 11.2 Å². The van der Waals surface area contributed by atoms with Gasteiger partial charge in [0.2, 0.25) is 5.88 Å². The maximum Gasteiger partial charge on any atom is 0.215 e. The SMILES string of the molecule is CCOCCCc1nc2nc(OC)ccc2[nH]1. The normalized spacial score (nSPS) is 10.9. The first-order valence-corrected chi connectivity index (χ1v) is 5.81. The molecule has 2 rings (SSSR count). The number of H-pyrrole nitrogens is 1. The summed E-state index contributed by atoms with van der Waals surface area (Å²) in [5, 5.41) is 0. The summed E-state index contributed by atoms with van der Waals surface area (Å²) >= 11 is 0. The third-order valence-electron chi connectivity index (χ3n) is 2.48. The van der Waals surface area contributed by atoms with E-state index in [2.05, 4.69) is 15.0 Å². The Morgan fingerprint density at radius 1 is 1.29 bits per heavy atom. The van der Waals surface area contributed by atoms with Crippen LogP contribution in [-0.2, 0) is 11.2 Å². The Bertz CT molecular complexity index is 482. The monoisotopic (exact) mass is 235 g/mol. The van der Waals surface area contributed by atoms with Crippen LogP contribution in [0.15, 0.2) is 12.1 Å². The number of nitrogens with one attached hydrogen (secondary N) is 1. The van der Waals surface area contributed by atoms with Crippen molar-refractivity contribution in [2.75, 3.05) is 20.3 Å². The highest BCUT2D eigenvalue weighted by molar-refractivity contribution is 5.71. The maximum atomic E-state index is 5.29. The summed E-state index contributed by atoms with van der Waals surface area (Å²) in [7, 11) is 1.60. The number of aromatic amines is 1. The van der Waals surface area contributed by atoms with Gasteiger partial charge in [-0.2, -0.15) is 4.98 Å². The van der Waals surface area contributed by atoms with Crippen molar-refractivity contribution in [3.8, 4) is 5.88 Å². The predicted octanol–water partition coefficient (Wildman–Crippen LogP) is 1.94. The van der Waals surface area contributed by atoms with E-state index < -0.39 is 0 Å². The molecule has 0 saturated heterocycles. The standard InChI is InChI=1S/C12H17N3O2/c1-3-17-8-4-5-10-13-9-6-7-11(16-2)15-12(9)14-10/h6-7H,3-5,8H2,1-2H3,(H,13,14,15). The second kappa shape index (κ2) is 5.63. The molecule has 5 heteroatoms. The lowest BCUT2D eigenvalue weighted by Gasteiger charge is -1.98. The molecule has 0 unspecified atom stereocenters. The first-order valence-electron chi connectivity index (χ1n) is 5.81. The summed E-state index contributed by atoms with van der Waals surface area (Å²) in [4.78, 5) is 11.9. The predicted molar refractivity (Wildman–Crippen MR) is 65.3 cm³/mol. The maximum absolute atomic E-state index is 5.29.